The molecule has 0 radical (unpaired) electrons. The molecule has 0 aromatic heterocycles. The van der Waals surface area contributed by atoms with E-state index in [0.717, 1.165) is 18.4 Å². The van der Waals surface area contributed by atoms with E-state index in [4.69, 9.17) is 5.11 Å². The van der Waals surface area contributed by atoms with Gasteiger partial charge in [0.05, 0.1) is 5.92 Å². The zero-order chi connectivity index (χ0) is 15.2. The highest BCUT2D eigenvalue weighted by Gasteiger charge is 2.30. The Morgan fingerprint density at radius 2 is 2.00 bits per heavy atom. The Kier molecular flexibility index (Phi) is 5.14. The molecule has 0 saturated heterocycles. The number of rotatable bonds is 5. The van der Waals surface area contributed by atoms with Crippen LogP contribution in [0.25, 0.3) is 6.08 Å². The Hall–Kier alpha value is -2.10. The lowest BCUT2D eigenvalue weighted by molar-refractivity contribution is -0.141. The standard InChI is InChI=1S/C17H21NO3/c1-2-12-3-5-13(6-4-12)7-10-16(19)18-15-9-8-14(11-15)17(20)21/h3-7,10,14-15H,2,8-9,11H2,1H3,(H,18,19)(H,20,21). The largest absolute Gasteiger partial charge is 0.481 e. The molecule has 1 aliphatic rings. The Morgan fingerprint density at radius 1 is 1.29 bits per heavy atom. The van der Waals surface area contributed by atoms with Crippen molar-refractivity contribution in [2.75, 3.05) is 0 Å². The van der Waals surface area contributed by atoms with Crippen molar-refractivity contribution in [1.29, 1.82) is 0 Å². The molecule has 0 heterocycles. The predicted molar refractivity (Wildman–Crippen MR) is 81.8 cm³/mol. The Bertz CT molecular complexity index is 533. The fourth-order valence-corrected chi connectivity index (χ4v) is 2.62. The van der Waals surface area contributed by atoms with E-state index in [1.165, 1.54) is 11.6 Å². The van der Waals surface area contributed by atoms with Gasteiger partial charge >= 0.3 is 5.97 Å². The summed E-state index contributed by atoms with van der Waals surface area (Å²) in [5, 5.41) is 11.8. The summed E-state index contributed by atoms with van der Waals surface area (Å²) in [5.41, 5.74) is 2.25. The van der Waals surface area contributed by atoms with Crippen LogP contribution in [-0.4, -0.2) is 23.0 Å². The third kappa shape index (κ3) is 4.45. The molecule has 1 fully saturated rings. The summed E-state index contributed by atoms with van der Waals surface area (Å²) < 4.78 is 0. The number of carboxylic acids is 1. The summed E-state index contributed by atoms with van der Waals surface area (Å²) in [6.45, 7) is 2.10. The van der Waals surface area contributed by atoms with E-state index in [2.05, 4.69) is 12.2 Å². The van der Waals surface area contributed by atoms with Crippen molar-refractivity contribution in [2.45, 2.75) is 38.6 Å². The molecule has 4 nitrogen and oxygen atoms in total. The second-order valence-corrected chi connectivity index (χ2v) is 5.48. The SMILES string of the molecule is CCc1ccc(C=CC(=O)NC2CCC(C(=O)O)C2)cc1. The van der Waals surface area contributed by atoms with Crippen molar-refractivity contribution < 1.29 is 14.7 Å². The van der Waals surface area contributed by atoms with E-state index >= 15 is 0 Å². The molecule has 0 aliphatic heterocycles. The third-order valence-electron chi connectivity index (χ3n) is 3.94. The zero-order valence-corrected chi connectivity index (χ0v) is 12.2. The maximum absolute atomic E-state index is 11.8. The van der Waals surface area contributed by atoms with Crippen LogP contribution in [0.1, 0.15) is 37.3 Å². The fourth-order valence-electron chi connectivity index (χ4n) is 2.62. The number of benzene rings is 1. The molecule has 1 amide bonds. The Labute approximate surface area is 124 Å². The minimum absolute atomic E-state index is 0.0225. The molecule has 1 aliphatic carbocycles. The molecule has 1 saturated carbocycles. The first-order valence-electron chi connectivity index (χ1n) is 7.38. The average molecular weight is 287 g/mol. The molecule has 4 heteroatoms. The van der Waals surface area contributed by atoms with Gasteiger partial charge in [0, 0.05) is 12.1 Å². The summed E-state index contributed by atoms with van der Waals surface area (Å²) in [6.07, 6.45) is 6.19. The van der Waals surface area contributed by atoms with Crippen LogP contribution in [-0.2, 0) is 16.0 Å². The van der Waals surface area contributed by atoms with Crippen molar-refractivity contribution in [1.82, 2.24) is 5.32 Å². The number of carbonyl (C=O) groups is 2. The number of carboxylic acid groups (broad SMARTS) is 1. The van der Waals surface area contributed by atoms with Gasteiger partial charge in [-0.05, 0) is 42.9 Å². The van der Waals surface area contributed by atoms with Gasteiger partial charge in [-0.25, -0.2) is 0 Å². The maximum Gasteiger partial charge on any atom is 0.306 e. The normalized spacial score (nSPS) is 21.6. The molecule has 112 valence electrons. The topological polar surface area (TPSA) is 66.4 Å². The van der Waals surface area contributed by atoms with E-state index in [-0.39, 0.29) is 17.9 Å². The lowest BCUT2D eigenvalue weighted by atomic mass is 10.1. The number of aryl methyl sites for hydroxylation is 1. The van der Waals surface area contributed by atoms with Crippen molar-refractivity contribution in [3.05, 3.63) is 41.5 Å². The summed E-state index contributed by atoms with van der Waals surface area (Å²) in [7, 11) is 0. The number of carbonyl (C=O) groups excluding carboxylic acids is 1. The smallest absolute Gasteiger partial charge is 0.306 e. The highest BCUT2D eigenvalue weighted by atomic mass is 16.4. The van der Waals surface area contributed by atoms with Crippen LogP contribution in [0, 0.1) is 5.92 Å². The molecule has 2 unspecified atom stereocenters. The van der Waals surface area contributed by atoms with Crippen molar-refractivity contribution in [3.8, 4) is 0 Å². The van der Waals surface area contributed by atoms with Crippen LogP contribution in [0.4, 0.5) is 0 Å². The lowest BCUT2D eigenvalue weighted by Gasteiger charge is -2.10. The van der Waals surface area contributed by atoms with Crippen molar-refractivity contribution in [3.63, 3.8) is 0 Å². The van der Waals surface area contributed by atoms with Crippen molar-refractivity contribution in [2.24, 2.45) is 5.92 Å². The second-order valence-electron chi connectivity index (χ2n) is 5.48. The van der Waals surface area contributed by atoms with Gasteiger partial charge in [0.2, 0.25) is 5.91 Å². The minimum Gasteiger partial charge on any atom is -0.481 e. The maximum atomic E-state index is 11.8. The van der Waals surface area contributed by atoms with Gasteiger partial charge in [0.25, 0.3) is 0 Å². The van der Waals surface area contributed by atoms with Gasteiger partial charge in [-0.1, -0.05) is 31.2 Å². The fraction of sp³-hybridized carbons (Fsp3) is 0.412. The molecule has 0 bridgehead atoms. The average Bonchev–Trinajstić information content (AvgIpc) is 2.94. The first-order chi connectivity index (χ1) is 10.1. The first kappa shape index (κ1) is 15.3. The van der Waals surface area contributed by atoms with E-state index in [1.54, 1.807) is 6.08 Å². The zero-order valence-electron chi connectivity index (χ0n) is 12.2. The highest BCUT2D eigenvalue weighted by Crippen LogP contribution is 2.25. The lowest BCUT2D eigenvalue weighted by Crippen LogP contribution is -2.31. The molecular formula is C17H21NO3. The molecular weight excluding hydrogens is 266 g/mol. The summed E-state index contributed by atoms with van der Waals surface area (Å²) in [5.74, 6) is -1.25. The highest BCUT2D eigenvalue weighted by molar-refractivity contribution is 5.92. The minimum atomic E-state index is -0.765. The Balaban J connectivity index is 1.84. The van der Waals surface area contributed by atoms with E-state index in [1.807, 2.05) is 24.3 Å². The van der Waals surface area contributed by atoms with Crippen molar-refractivity contribution >= 4 is 18.0 Å². The van der Waals surface area contributed by atoms with Crippen LogP contribution in [0.3, 0.4) is 0 Å². The number of amides is 1. The molecule has 2 atom stereocenters. The summed E-state index contributed by atoms with van der Waals surface area (Å²) >= 11 is 0. The molecule has 1 aromatic rings. The summed E-state index contributed by atoms with van der Waals surface area (Å²) in [4.78, 5) is 22.7. The third-order valence-corrected chi connectivity index (χ3v) is 3.94. The van der Waals surface area contributed by atoms with E-state index < -0.39 is 5.97 Å². The van der Waals surface area contributed by atoms with E-state index in [9.17, 15) is 9.59 Å². The Morgan fingerprint density at radius 3 is 2.57 bits per heavy atom. The van der Waals surface area contributed by atoms with Crippen LogP contribution in [0.15, 0.2) is 30.3 Å². The monoisotopic (exact) mass is 287 g/mol. The first-order valence-corrected chi connectivity index (χ1v) is 7.38. The second kappa shape index (κ2) is 7.07. The molecule has 2 N–H and O–H groups in total. The van der Waals surface area contributed by atoms with E-state index in [0.29, 0.717) is 12.8 Å². The van der Waals surface area contributed by atoms with Gasteiger partial charge < -0.3 is 10.4 Å². The number of hydrogen-bond acceptors (Lipinski definition) is 2. The van der Waals surface area contributed by atoms with Gasteiger partial charge in [-0.3, -0.25) is 9.59 Å². The van der Waals surface area contributed by atoms with Gasteiger partial charge in [0.15, 0.2) is 0 Å². The molecule has 0 spiro atoms. The molecule has 1 aromatic carbocycles. The van der Waals surface area contributed by atoms with Crippen LogP contribution >= 0.6 is 0 Å². The molecule has 21 heavy (non-hydrogen) atoms. The quantitative estimate of drug-likeness (QED) is 0.818. The van der Waals surface area contributed by atoms with Crippen LogP contribution in [0.5, 0.6) is 0 Å². The van der Waals surface area contributed by atoms with Gasteiger partial charge in [-0.2, -0.15) is 0 Å². The molecule has 2 rings (SSSR count). The van der Waals surface area contributed by atoms with Gasteiger partial charge in [-0.15, -0.1) is 0 Å². The van der Waals surface area contributed by atoms with Crippen LogP contribution in [0.2, 0.25) is 0 Å². The number of nitrogens with one attached hydrogen (secondary N) is 1. The van der Waals surface area contributed by atoms with Crippen LogP contribution < -0.4 is 5.32 Å². The number of aliphatic carboxylic acids is 1. The predicted octanol–water partition coefficient (Wildman–Crippen LogP) is 2.63. The van der Waals surface area contributed by atoms with Gasteiger partial charge in [0.1, 0.15) is 0 Å². The summed E-state index contributed by atoms with van der Waals surface area (Å²) in [6, 6.07) is 8.04. The number of hydrogen-bond donors (Lipinski definition) is 2.